The van der Waals surface area contributed by atoms with Gasteiger partial charge in [-0.25, -0.2) is 0 Å². The van der Waals surface area contributed by atoms with Gasteiger partial charge < -0.3 is 15.3 Å². The Bertz CT molecular complexity index is 1530. The molecule has 7 heteroatoms. The molecule has 6 nitrogen and oxygen atoms in total. The van der Waals surface area contributed by atoms with Gasteiger partial charge in [-0.1, -0.05) is 84.0 Å². The number of hydrogen-bond acceptors (Lipinski definition) is 6. The first-order valence-electron chi connectivity index (χ1n) is 11.0. The molecule has 174 valence electrons. The van der Waals surface area contributed by atoms with Crippen LogP contribution in [0, 0.1) is 13.8 Å². The minimum atomic E-state index is -0.00352. The first-order chi connectivity index (χ1) is 16.9. The van der Waals surface area contributed by atoms with Crippen molar-refractivity contribution in [2.24, 2.45) is 0 Å². The summed E-state index contributed by atoms with van der Waals surface area (Å²) in [5.74, 6) is 0.0306. The van der Waals surface area contributed by atoms with Gasteiger partial charge in [-0.3, -0.25) is 15.0 Å². The fourth-order valence-electron chi connectivity index (χ4n) is 3.51. The van der Waals surface area contributed by atoms with Crippen LogP contribution in [0.2, 0.25) is 0 Å². The molecule has 3 aromatic heterocycles. The van der Waals surface area contributed by atoms with E-state index in [1.165, 1.54) is 12.1 Å². The van der Waals surface area contributed by atoms with Crippen LogP contribution < -0.4 is 15.3 Å². The molecule has 6 aromatic rings. The van der Waals surface area contributed by atoms with Crippen LogP contribution in [0.5, 0.6) is 17.2 Å². The molecule has 0 amide bonds. The Kier molecular flexibility index (Phi) is 8.80. The second-order valence-electron chi connectivity index (χ2n) is 7.89. The van der Waals surface area contributed by atoms with E-state index in [0.29, 0.717) is 16.4 Å². The Labute approximate surface area is 219 Å². The van der Waals surface area contributed by atoms with Crippen LogP contribution in [0.4, 0.5) is 0 Å². The SMILES string of the molecule is Cc1ccc2cccc([O-])c2n1.Cc1ccc2cccc([O-])c2n1.[Al+3].[O-]c1cccc2ncccc12. The molecule has 0 saturated heterocycles. The van der Waals surface area contributed by atoms with E-state index in [4.69, 9.17) is 0 Å². The molecule has 3 heterocycles. The van der Waals surface area contributed by atoms with E-state index in [1.807, 2.05) is 56.3 Å². The Morgan fingerprint density at radius 2 is 1.03 bits per heavy atom. The summed E-state index contributed by atoms with van der Waals surface area (Å²) in [6, 6.07) is 26.6. The quantitative estimate of drug-likeness (QED) is 0.298. The predicted molar refractivity (Wildman–Crippen MR) is 139 cm³/mol. The van der Waals surface area contributed by atoms with E-state index >= 15 is 0 Å². The molecule has 0 aliphatic heterocycles. The number of pyridine rings is 3. The Hall–Kier alpha value is -4.18. The third-order valence-corrected chi connectivity index (χ3v) is 5.25. The molecule has 0 atom stereocenters. The summed E-state index contributed by atoms with van der Waals surface area (Å²) >= 11 is 0. The van der Waals surface area contributed by atoms with Gasteiger partial charge >= 0.3 is 17.4 Å². The molecule has 0 unspecified atom stereocenters. The van der Waals surface area contributed by atoms with Gasteiger partial charge in [0.2, 0.25) is 0 Å². The molecular weight excluding hydrogens is 465 g/mol. The van der Waals surface area contributed by atoms with Gasteiger partial charge in [0.05, 0.1) is 16.6 Å². The van der Waals surface area contributed by atoms with Crippen LogP contribution in [0.15, 0.2) is 97.2 Å². The van der Waals surface area contributed by atoms with Gasteiger partial charge in [0.25, 0.3) is 0 Å². The van der Waals surface area contributed by atoms with Gasteiger partial charge in [-0.2, -0.15) is 0 Å². The van der Waals surface area contributed by atoms with Crippen molar-refractivity contribution in [1.29, 1.82) is 0 Å². The number of fused-ring (bicyclic) bond motifs is 3. The summed E-state index contributed by atoms with van der Waals surface area (Å²) in [5.41, 5.74) is 3.66. The van der Waals surface area contributed by atoms with E-state index in [0.717, 1.165) is 27.7 Å². The second-order valence-corrected chi connectivity index (χ2v) is 7.89. The Morgan fingerprint density at radius 3 is 1.56 bits per heavy atom. The number of benzene rings is 3. The molecule has 0 radical (unpaired) electrons. The summed E-state index contributed by atoms with van der Waals surface area (Å²) in [4.78, 5) is 12.4. The van der Waals surface area contributed by atoms with Gasteiger partial charge in [0.1, 0.15) is 0 Å². The van der Waals surface area contributed by atoms with E-state index in [2.05, 4.69) is 15.0 Å². The number of aromatic nitrogens is 3. The van der Waals surface area contributed by atoms with Crippen molar-refractivity contribution in [3.8, 4) is 17.2 Å². The Balaban J connectivity index is 0.000000149. The summed E-state index contributed by atoms with van der Waals surface area (Å²) in [7, 11) is 0. The first-order valence-corrected chi connectivity index (χ1v) is 11.0. The summed E-state index contributed by atoms with van der Waals surface area (Å²) < 4.78 is 0. The first kappa shape index (κ1) is 26.4. The molecule has 36 heavy (non-hydrogen) atoms. The fraction of sp³-hybridized carbons (Fsp3) is 0.0690. The Morgan fingerprint density at radius 1 is 0.528 bits per heavy atom. The van der Waals surface area contributed by atoms with Crippen LogP contribution in [0.25, 0.3) is 32.7 Å². The third kappa shape index (κ3) is 6.28. The minimum Gasteiger partial charge on any atom is -0.872 e. The number of aryl methyl sites for hydroxylation is 2. The van der Waals surface area contributed by atoms with E-state index in [9.17, 15) is 15.3 Å². The summed E-state index contributed by atoms with van der Waals surface area (Å²) in [6.45, 7) is 3.76. The van der Waals surface area contributed by atoms with Crippen molar-refractivity contribution in [2.75, 3.05) is 0 Å². The average Bonchev–Trinajstić information content (AvgIpc) is 2.86. The number of rotatable bonds is 0. The number of hydrogen-bond donors (Lipinski definition) is 0. The van der Waals surface area contributed by atoms with Crippen molar-refractivity contribution < 1.29 is 15.3 Å². The standard InChI is InChI=1S/2C10H9NO.C9H7NO.Al/c2*1-7-5-6-8-3-2-4-9(12)10(8)11-7;11-9-5-1-4-8-7(9)3-2-6-10-8;/h2*2-6,12H,1H3;1-6,11H;/q;;;+3/p-3. The van der Waals surface area contributed by atoms with Crippen LogP contribution >= 0.6 is 0 Å². The van der Waals surface area contributed by atoms with E-state index < -0.39 is 0 Å². The zero-order chi connectivity index (χ0) is 24.8. The molecule has 0 saturated carbocycles. The molecule has 3 aromatic carbocycles. The third-order valence-electron chi connectivity index (χ3n) is 5.25. The van der Waals surface area contributed by atoms with Gasteiger partial charge in [0, 0.05) is 17.6 Å². The average molecular weight is 487 g/mol. The molecule has 0 N–H and O–H groups in total. The summed E-state index contributed by atoms with van der Waals surface area (Å²) in [5, 5.41) is 36.2. The van der Waals surface area contributed by atoms with Crippen LogP contribution in [0.1, 0.15) is 11.4 Å². The van der Waals surface area contributed by atoms with Crippen LogP contribution in [-0.4, -0.2) is 32.3 Å². The zero-order valence-electron chi connectivity index (χ0n) is 19.9. The molecule has 0 spiro atoms. The van der Waals surface area contributed by atoms with Crippen molar-refractivity contribution >= 4 is 50.1 Å². The van der Waals surface area contributed by atoms with Crippen molar-refractivity contribution in [2.45, 2.75) is 13.8 Å². The van der Waals surface area contributed by atoms with Gasteiger partial charge in [-0.15, -0.1) is 0 Å². The maximum absolute atomic E-state index is 11.3. The monoisotopic (exact) mass is 487 g/mol. The fourth-order valence-corrected chi connectivity index (χ4v) is 3.51. The predicted octanol–water partition coefficient (Wildman–Crippen LogP) is 4.16. The van der Waals surface area contributed by atoms with E-state index in [1.54, 1.807) is 42.6 Å². The smallest absolute Gasteiger partial charge is 0.872 e. The molecule has 0 bridgehead atoms. The largest absolute Gasteiger partial charge is 3.00 e. The molecule has 0 aliphatic rings. The van der Waals surface area contributed by atoms with Gasteiger partial charge in [-0.05, 0) is 54.3 Å². The topological polar surface area (TPSA) is 108 Å². The molecule has 0 fully saturated rings. The number of para-hydroxylation sites is 2. The van der Waals surface area contributed by atoms with Crippen molar-refractivity contribution in [1.82, 2.24) is 15.0 Å². The number of nitrogens with zero attached hydrogens (tertiary/aromatic N) is 3. The van der Waals surface area contributed by atoms with Crippen LogP contribution in [0.3, 0.4) is 0 Å². The summed E-state index contributed by atoms with van der Waals surface area (Å²) in [6.07, 6.45) is 1.68. The maximum Gasteiger partial charge on any atom is 3.00 e. The normalized spacial score (nSPS) is 10.1. The van der Waals surface area contributed by atoms with Crippen molar-refractivity contribution in [3.63, 3.8) is 0 Å². The zero-order valence-corrected chi connectivity index (χ0v) is 21.0. The van der Waals surface area contributed by atoms with Crippen molar-refractivity contribution in [3.05, 3.63) is 109 Å². The van der Waals surface area contributed by atoms with Crippen LogP contribution in [-0.2, 0) is 0 Å². The minimum absolute atomic E-state index is 0. The molecule has 6 rings (SSSR count). The van der Waals surface area contributed by atoms with Gasteiger partial charge in [0.15, 0.2) is 0 Å². The second kappa shape index (κ2) is 12.0. The maximum atomic E-state index is 11.3. The van der Waals surface area contributed by atoms with E-state index in [-0.39, 0.29) is 34.6 Å². The molecule has 0 aliphatic carbocycles. The molecular formula is C29H22AlN3O3.